The molecule has 1 amide bonds. The van der Waals surface area contributed by atoms with Gasteiger partial charge in [-0.05, 0) is 26.4 Å². The van der Waals surface area contributed by atoms with Gasteiger partial charge in [0.2, 0.25) is 5.91 Å². The minimum absolute atomic E-state index is 0.103. The fourth-order valence-electron chi connectivity index (χ4n) is 1.87. The third kappa shape index (κ3) is 4.07. The quantitative estimate of drug-likeness (QED) is 0.365. The van der Waals surface area contributed by atoms with Crippen molar-refractivity contribution >= 4 is 15.7 Å². The molecule has 0 spiro atoms. The Labute approximate surface area is 96.1 Å². The Kier molecular flexibility index (Phi) is 4.69. The highest BCUT2D eigenvalue weighted by Crippen LogP contribution is 2.16. The molecule has 0 aromatic carbocycles. The van der Waals surface area contributed by atoms with Crippen LogP contribution in [0.1, 0.15) is 19.3 Å². The highest BCUT2D eigenvalue weighted by atomic mass is 32.2. The van der Waals surface area contributed by atoms with Gasteiger partial charge in [-0.25, -0.2) is 14.3 Å². The zero-order chi connectivity index (χ0) is 12.2. The zero-order valence-corrected chi connectivity index (χ0v) is 10.3. The van der Waals surface area contributed by atoms with E-state index in [1.165, 1.54) is 0 Å². The zero-order valence-electron chi connectivity index (χ0n) is 9.48. The lowest BCUT2D eigenvalue weighted by atomic mass is 10.2. The summed E-state index contributed by atoms with van der Waals surface area (Å²) in [6.07, 6.45) is 1.76. The second-order valence-corrected chi connectivity index (χ2v) is 6.44. The summed E-state index contributed by atoms with van der Waals surface area (Å²) in [7, 11) is -0.933. The molecule has 16 heavy (non-hydrogen) atoms. The van der Waals surface area contributed by atoms with Crippen molar-refractivity contribution in [2.45, 2.75) is 25.3 Å². The monoisotopic (exact) mass is 249 g/mol. The number of hydrogen-bond donors (Lipinski definition) is 2. The average molecular weight is 249 g/mol. The number of carbonyl (C=O) groups excluding carboxylic acids is 1. The van der Waals surface area contributed by atoms with Crippen molar-refractivity contribution in [1.29, 1.82) is 0 Å². The molecule has 94 valence electrons. The maximum Gasteiger partial charge on any atom is 0.233 e. The van der Waals surface area contributed by atoms with Crippen LogP contribution in [0.15, 0.2) is 0 Å². The molecule has 1 fully saturated rings. The van der Waals surface area contributed by atoms with Crippen LogP contribution in [0.25, 0.3) is 0 Å². The Hall–Kier alpha value is -0.660. The summed E-state index contributed by atoms with van der Waals surface area (Å²) < 4.78 is 22.5. The molecule has 6 nitrogen and oxygen atoms in total. The van der Waals surface area contributed by atoms with Crippen LogP contribution >= 0.6 is 0 Å². The van der Waals surface area contributed by atoms with Gasteiger partial charge >= 0.3 is 0 Å². The maximum atomic E-state index is 11.3. The topological polar surface area (TPSA) is 92.5 Å². The maximum absolute atomic E-state index is 11.3. The Bertz CT molecular complexity index is 342. The summed E-state index contributed by atoms with van der Waals surface area (Å²) in [6.45, 7) is 0.716. The number of nitrogens with one attached hydrogen (secondary N) is 1. The predicted octanol–water partition coefficient (Wildman–Crippen LogP) is -1.12. The van der Waals surface area contributed by atoms with Crippen LogP contribution in [0.3, 0.4) is 0 Å². The molecule has 0 bridgehead atoms. The molecule has 0 aliphatic carbocycles. The Morgan fingerprint density at radius 3 is 2.75 bits per heavy atom. The molecule has 1 rings (SSSR count). The van der Waals surface area contributed by atoms with Gasteiger partial charge in [0.25, 0.3) is 0 Å². The highest BCUT2D eigenvalue weighted by molar-refractivity contribution is 7.91. The van der Waals surface area contributed by atoms with Crippen molar-refractivity contribution in [1.82, 2.24) is 10.3 Å². The first-order chi connectivity index (χ1) is 7.44. The molecule has 1 aliphatic heterocycles. The van der Waals surface area contributed by atoms with Gasteiger partial charge in [0, 0.05) is 12.5 Å². The largest absolute Gasteiger partial charge is 0.302 e. The van der Waals surface area contributed by atoms with Crippen LogP contribution in [-0.4, -0.2) is 50.4 Å². The molecule has 0 aromatic heterocycles. The summed E-state index contributed by atoms with van der Waals surface area (Å²) in [5, 5.41) is 0. The molecule has 7 heteroatoms. The molecule has 1 heterocycles. The van der Waals surface area contributed by atoms with E-state index in [-0.39, 0.29) is 23.5 Å². The van der Waals surface area contributed by atoms with Gasteiger partial charge in [-0.3, -0.25) is 10.2 Å². The van der Waals surface area contributed by atoms with Crippen molar-refractivity contribution in [2.75, 3.05) is 25.1 Å². The highest BCUT2D eigenvalue weighted by Gasteiger charge is 2.30. The molecule has 0 saturated carbocycles. The smallest absolute Gasteiger partial charge is 0.233 e. The van der Waals surface area contributed by atoms with Gasteiger partial charge in [-0.1, -0.05) is 0 Å². The molecular formula is C9H19N3O3S. The summed E-state index contributed by atoms with van der Waals surface area (Å²) in [4.78, 5) is 12.9. The van der Waals surface area contributed by atoms with Crippen LogP contribution in [0.5, 0.6) is 0 Å². The van der Waals surface area contributed by atoms with E-state index in [0.29, 0.717) is 25.8 Å². The minimum Gasteiger partial charge on any atom is -0.302 e. The summed E-state index contributed by atoms with van der Waals surface area (Å²) in [6, 6.07) is 0.103. The Morgan fingerprint density at radius 1 is 1.56 bits per heavy atom. The Balaban J connectivity index is 2.26. The second kappa shape index (κ2) is 5.60. The van der Waals surface area contributed by atoms with E-state index in [4.69, 9.17) is 5.84 Å². The summed E-state index contributed by atoms with van der Waals surface area (Å²) >= 11 is 0. The van der Waals surface area contributed by atoms with Crippen LogP contribution in [-0.2, 0) is 14.6 Å². The fraction of sp³-hybridized carbons (Fsp3) is 0.889. The van der Waals surface area contributed by atoms with Gasteiger partial charge in [0.05, 0.1) is 11.5 Å². The number of amides is 1. The lowest BCUT2D eigenvalue weighted by Gasteiger charge is -2.22. The van der Waals surface area contributed by atoms with Crippen LogP contribution in [0, 0.1) is 0 Å². The first kappa shape index (κ1) is 13.4. The molecular weight excluding hydrogens is 230 g/mol. The van der Waals surface area contributed by atoms with Gasteiger partial charge in [-0.2, -0.15) is 0 Å². The number of nitrogens with two attached hydrogens (primary N) is 1. The molecule has 1 atom stereocenters. The van der Waals surface area contributed by atoms with E-state index in [0.717, 1.165) is 0 Å². The molecule has 3 N–H and O–H groups in total. The molecule has 1 saturated heterocycles. The van der Waals surface area contributed by atoms with E-state index in [1.54, 1.807) is 0 Å². The van der Waals surface area contributed by atoms with Crippen molar-refractivity contribution < 1.29 is 13.2 Å². The van der Waals surface area contributed by atoms with E-state index >= 15 is 0 Å². The van der Waals surface area contributed by atoms with Crippen molar-refractivity contribution in [3.05, 3.63) is 0 Å². The van der Waals surface area contributed by atoms with Crippen LogP contribution in [0.2, 0.25) is 0 Å². The van der Waals surface area contributed by atoms with Gasteiger partial charge in [0.15, 0.2) is 9.84 Å². The first-order valence-corrected chi connectivity index (χ1v) is 7.17. The first-order valence-electron chi connectivity index (χ1n) is 5.35. The fourth-order valence-corrected chi connectivity index (χ4v) is 3.67. The standard InChI is InChI=1S/C9H19N3O3S/c1-12(5-2-3-9(13)11-10)8-4-6-16(14,15)7-8/h8H,2-7,10H2,1H3,(H,11,13). The third-order valence-corrected chi connectivity index (χ3v) is 4.66. The molecule has 0 aromatic rings. The molecule has 1 aliphatic rings. The molecule has 1 unspecified atom stereocenters. The average Bonchev–Trinajstić information content (AvgIpc) is 2.58. The van der Waals surface area contributed by atoms with Crippen molar-refractivity contribution in [3.8, 4) is 0 Å². The summed E-state index contributed by atoms with van der Waals surface area (Å²) in [5.41, 5.74) is 2.07. The lowest BCUT2D eigenvalue weighted by molar-refractivity contribution is -0.121. The summed E-state index contributed by atoms with van der Waals surface area (Å²) in [5.74, 6) is 5.29. The Morgan fingerprint density at radius 2 is 2.25 bits per heavy atom. The number of rotatable bonds is 5. The van der Waals surface area contributed by atoms with E-state index < -0.39 is 9.84 Å². The lowest BCUT2D eigenvalue weighted by Crippen LogP contribution is -2.35. The number of carbonyl (C=O) groups is 1. The molecule has 0 radical (unpaired) electrons. The van der Waals surface area contributed by atoms with E-state index in [1.807, 2.05) is 11.9 Å². The SMILES string of the molecule is CN(CCCC(=O)NN)C1CCS(=O)(=O)C1. The van der Waals surface area contributed by atoms with E-state index in [9.17, 15) is 13.2 Å². The number of sulfone groups is 1. The number of nitrogens with zero attached hydrogens (tertiary/aromatic N) is 1. The van der Waals surface area contributed by atoms with Gasteiger partial charge < -0.3 is 4.90 Å². The second-order valence-electron chi connectivity index (χ2n) is 4.21. The van der Waals surface area contributed by atoms with E-state index in [2.05, 4.69) is 5.43 Å². The predicted molar refractivity (Wildman–Crippen MR) is 61.3 cm³/mol. The normalized spacial score (nSPS) is 23.6. The van der Waals surface area contributed by atoms with Crippen LogP contribution < -0.4 is 11.3 Å². The minimum atomic E-state index is -2.83. The van der Waals surface area contributed by atoms with Crippen molar-refractivity contribution in [2.24, 2.45) is 5.84 Å². The van der Waals surface area contributed by atoms with Gasteiger partial charge in [-0.15, -0.1) is 0 Å². The van der Waals surface area contributed by atoms with Gasteiger partial charge in [0.1, 0.15) is 0 Å². The van der Waals surface area contributed by atoms with Crippen LogP contribution in [0.4, 0.5) is 0 Å². The third-order valence-electron chi connectivity index (χ3n) is 2.91. The number of hydrazine groups is 1. The number of hydrogen-bond acceptors (Lipinski definition) is 5. The van der Waals surface area contributed by atoms with Crippen molar-refractivity contribution in [3.63, 3.8) is 0 Å².